The zero-order chi connectivity index (χ0) is 12.3. The second kappa shape index (κ2) is 5.68. The van der Waals surface area contributed by atoms with Gasteiger partial charge in [0.05, 0.1) is 11.6 Å². The summed E-state index contributed by atoms with van der Waals surface area (Å²) in [5.41, 5.74) is 5.28. The van der Waals surface area contributed by atoms with Gasteiger partial charge in [-0.1, -0.05) is 15.9 Å². The van der Waals surface area contributed by atoms with Crippen LogP contribution >= 0.6 is 27.3 Å². The second-order valence-electron chi connectivity index (χ2n) is 3.56. The number of thiazole rings is 1. The predicted octanol–water partition coefficient (Wildman–Crippen LogP) is 2.79. The Kier molecular flexibility index (Phi) is 4.22. The molecule has 0 aliphatic carbocycles. The summed E-state index contributed by atoms with van der Waals surface area (Å²) < 4.78 is 14.1. The third-order valence-corrected chi connectivity index (χ3v) is 3.95. The van der Waals surface area contributed by atoms with E-state index in [9.17, 15) is 4.39 Å². The number of aromatic nitrogens is 1. The molecule has 17 heavy (non-hydrogen) atoms. The first kappa shape index (κ1) is 12.6. The number of hydrazine groups is 1. The molecule has 0 spiro atoms. The fourth-order valence-electron chi connectivity index (χ4n) is 1.58. The van der Waals surface area contributed by atoms with Crippen LogP contribution in [0.1, 0.15) is 16.5 Å². The molecule has 6 heteroatoms. The molecule has 0 aliphatic heterocycles. The summed E-state index contributed by atoms with van der Waals surface area (Å²) in [4.78, 5) is 5.11. The number of nitrogens with one attached hydrogen (secondary N) is 1. The summed E-state index contributed by atoms with van der Waals surface area (Å²) in [7, 11) is 0. The third kappa shape index (κ3) is 3.10. The van der Waals surface area contributed by atoms with Crippen molar-refractivity contribution in [3.63, 3.8) is 0 Å². The molecule has 1 aromatic carbocycles. The molecule has 0 fully saturated rings. The Morgan fingerprint density at radius 2 is 2.35 bits per heavy atom. The van der Waals surface area contributed by atoms with Crippen LogP contribution in [0.15, 0.2) is 34.4 Å². The maximum Gasteiger partial charge on any atom is 0.123 e. The molecule has 1 aromatic heterocycles. The molecule has 0 aliphatic rings. The van der Waals surface area contributed by atoms with Crippen molar-refractivity contribution in [1.82, 2.24) is 10.4 Å². The van der Waals surface area contributed by atoms with Gasteiger partial charge in [0.15, 0.2) is 0 Å². The van der Waals surface area contributed by atoms with Gasteiger partial charge in [-0.15, -0.1) is 11.3 Å². The van der Waals surface area contributed by atoms with E-state index in [1.165, 1.54) is 12.1 Å². The van der Waals surface area contributed by atoms with Crippen molar-refractivity contribution in [2.75, 3.05) is 0 Å². The fourth-order valence-corrected chi connectivity index (χ4v) is 2.75. The number of hydrogen-bond donors (Lipinski definition) is 2. The van der Waals surface area contributed by atoms with E-state index in [4.69, 9.17) is 5.84 Å². The van der Waals surface area contributed by atoms with E-state index in [0.29, 0.717) is 6.42 Å². The number of nitrogens with two attached hydrogens (primary N) is 1. The Labute approximate surface area is 111 Å². The lowest BCUT2D eigenvalue weighted by Crippen LogP contribution is -2.29. The average molecular weight is 316 g/mol. The lowest BCUT2D eigenvalue weighted by Gasteiger charge is -2.17. The molecule has 1 heterocycles. The summed E-state index contributed by atoms with van der Waals surface area (Å²) in [5.74, 6) is 5.26. The van der Waals surface area contributed by atoms with Crippen molar-refractivity contribution < 1.29 is 4.39 Å². The summed E-state index contributed by atoms with van der Waals surface area (Å²) >= 11 is 4.96. The van der Waals surface area contributed by atoms with E-state index in [-0.39, 0.29) is 11.9 Å². The first-order valence-electron chi connectivity index (χ1n) is 4.99. The highest BCUT2D eigenvalue weighted by atomic mass is 79.9. The number of rotatable bonds is 4. The van der Waals surface area contributed by atoms with Crippen LogP contribution in [0.5, 0.6) is 0 Å². The van der Waals surface area contributed by atoms with Crippen molar-refractivity contribution in [1.29, 1.82) is 0 Å². The molecule has 90 valence electrons. The normalized spacial score (nSPS) is 12.6. The molecule has 0 radical (unpaired) electrons. The highest BCUT2D eigenvalue weighted by Crippen LogP contribution is 2.27. The number of hydrogen-bond acceptors (Lipinski definition) is 4. The van der Waals surface area contributed by atoms with Crippen LogP contribution < -0.4 is 11.3 Å². The molecule has 2 rings (SSSR count). The standard InChI is InChI=1S/C11H11BrFN3S/c12-10-2-1-7(13)3-9(10)11(16-14)4-8-5-15-6-17-8/h1-3,5-6,11,16H,4,14H2. The van der Waals surface area contributed by atoms with Gasteiger partial charge in [-0.25, -0.2) is 4.39 Å². The van der Waals surface area contributed by atoms with Gasteiger partial charge in [0.2, 0.25) is 0 Å². The minimum Gasteiger partial charge on any atom is -0.271 e. The van der Waals surface area contributed by atoms with Crippen LogP contribution in [0, 0.1) is 5.82 Å². The average Bonchev–Trinajstić information content (AvgIpc) is 2.82. The molecule has 2 aromatic rings. The SMILES string of the molecule is NNC(Cc1cncs1)c1cc(F)ccc1Br. The van der Waals surface area contributed by atoms with Gasteiger partial charge in [0, 0.05) is 22.0 Å². The zero-order valence-corrected chi connectivity index (χ0v) is 11.3. The lowest BCUT2D eigenvalue weighted by molar-refractivity contribution is 0.545. The van der Waals surface area contributed by atoms with Gasteiger partial charge in [0.1, 0.15) is 5.82 Å². The topological polar surface area (TPSA) is 50.9 Å². The monoisotopic (exact) mass is 315 g/mol. The van der Waals surface area contributed by atoms with Crippen LogP contribution in [0.2, 0.25) is 0 Å². The van der Waals surface area contributed by atoms with Crippen LogP contribution in [0.25, 0.3) is 0 Å². The fraction of sp³-hybridized carbons (Fsp3) is 0.182. The van der Waals surface area contributed by atoms with Crippen molar-refractivity contribution >= 4 is 27.3 Å². The van der Waals surface area contributed by atoms with Crippen LogP contribution in [-0.2, 0) is 6.42 Å². The second-order valence-corrected chi connectivity index (χ2v) is 5.38. The van der Waals surface area contributed by atoms with Gasteiger partial charge in [-0.3, -0.25) is 16.3 Å². The summed E-state index contributed by atoms with van der Waals surface area (Å²) in [6.07, 6.45) is 2.48. The Hall–Kier alpha value is -0.820. The van der Waals surface area contributed by atoms with Gasteiger partial charge in [0.25, 0.3) is 0 Å². The molecule has 3 nitrogen and oxygen atoms in total. The molecule has 1 atom stereocenters. The van der Waals surface area contributed by atoms with Crippen LogP contribution in [0.3, 0.4) is 0 Å². The minimum absolute atomic E-state index is 0.138. The maximum absolute atomic E-state index is 13.2. The Morgan fingerprint density at radius 3 is 3.00 bits per heavy atom. The molecule has 0 saturated heterocycles. The van der Waals surface area contributed by atoms with Gasteiger partial charge in [-0.05, 0) is 23.8 Å². The van der Waals surface area contributed by atoms with E-state index < -0.39 is 0 Å². The van der Waals surface area contributed by atoms with Gasteiger partial charge in [-0.2, -0.15) is 0 Å². The van der Waals surface area contributed by atoms with E-state index in [2.05, 4.69) is 26.3 Å². The molecular weight excluding hydrogens is 305 g/mol. The quantitative estimate of drug-likeness (QED) is 0.674. The maximum atomic E-state index is 13.2. The van der Waals surface area contributed by atoms with Gasteiger partial charge >= 0.3 is 0 Å². The van der Waals surface area contributed by atoms with Gasteiger partial charge < -0.3 is 0 Å². The molecule has 0 amide bonds. The van der Waals surface area contributed by atoms with E-state index in [0.717, 1.165) is 14.9 Å². The molecule has 0 saturated carbocycles. The highest BCUT2D eigenvalue weighted by molar-refractivity contribution is 9.10. The largest absolute Gasteiger partial charge is 0.271 e. The molecule has 1 unspecified atom stereocenters. The summed E-state index contributed by atoms with van der Waals surface area (Å²) in [5, 5.41) is 0. The Bertz CT molecular complexity index is 489. The van der Waals surface area contributed by atoms with Crippen molar-refractivity contribution in [3.8, 4) is 0 Å². The summed E-state index contributed by atoms with van der Waals surface area (Å²) in [6.45, 7) is 0. The number of benzene rings is 1. The van der Waals surface area contributed by atoms with Crippen LogP contribution in [0.4, 0.5) is 4.39 Å². The highest BCUT2D eigenvalue weighted by Gasteiger charge is 2.15. The van der Waals surface area contributed by atoms with Crippen LogP contribution in [-0.4, -0.2) is 4.98 Å². The molecule has 3 N–H and O–H groups in total. The number of nitrogens with zero attached hydrogens (tertiary/aromatic N) is 1. The number of halogens is 2. The van der Waals surface area contributed by atoms with Crippen molar-refractivity contribution in [2.24, 2.45) is 5.84 Å². The summed E-state index contributed by atoms with van der Waals surface area (Å²) in [6, 6.07) is 4.44. The lowest BCUT2D eigenvalue weighted by atomic mass is 10.0. The molecular formula is C11H11BrFN3S. The van der Waals surface area contributed by atoms with E-state index >= 15 is 0 Å². The first-order chi connectivity index (χ1) is 8.20. The third-order valence-electron chi connectivity index (χ3n) is 2.42. The minimum atomic E-state index is -0.271. The van der Waals surface area contributed by atoms with E-state index in [1.807, 2.05) is 0 Å². The Balaban J connectivity index is 2.25. The van der Waals surface area contributed by atoms with Crippen molar-refractivity contribution in [3.05, 3.63) is 50.6 Å². The van der Waals surface area contributed by atoms with Crippen molar-refractivity contribution in [2.45, 2.75) is 12.5 Å². The molecule has 0 bridgehead atoms. The Morgan fingerprint density at radius 1 is 1.53 bits per heavy atom. The first-order valence-corrected chi connectivity index (χ1v) is 6.66. The predicted molar refractivity (Wildman–Crippen MR) is 70.0 cm³/mol. The zero-order valence-electron chi connectivity index (χ0n) is 8.86. The van der Waals surface area contributed by atoms with E-state index in [1.54, 1.807) is 29.1 Å². The smallest absolute Gasteiger partial charge is 0.123 e.